The highest BCUT2D eigenvalue weighted by Crippen LogP contribution is 2.35. The zero-order valence-electron chi connectivity index (χ0n) is 15.0. The predicted molar refractivity (Wildman–Crippen MR) is 118 cm³/mol. The van der Waals surface area contributed by atoms with Gasteiger partial charge in [0.1, 0.15) is 6.61 Å². The summed E-state index contributed by atoms with van der Waals surface area (Å²) >= 11 is 3.14. The van der Waals surface area contributed by atoms with E-state index in [0.717, 1.165) is 26.5 Å². The molecule has 3 rings (SSSR count). The zero-order chi connectivity index (χ0) is 20.1. The van der Waals surface area contributed by atoms with E-state index in [2.05, 4.69) is 28.5 Å². The SMILES string of the molecule is C#CCOc1ccc(/C=C2\SC(=O)N(Cc3ccc(I)cc3)C2=O)cc1OC. The lowest BCUT2D eigenvalue weighted by molar-refractivity contribution is -0.123. The van der Waals surface area contributed by atoms with Crippen molar-refractivity contribution in [3.63, 3.8) is 0 Å². The molecule has 28 heavy (non-hydrogen) atoms. The van der Waals surface area contributed by atoms with Crippen molar-refractivity contribution >= 4 is 51.6 Å². The van der Waals surface area contributed by atoms with Crippen molar-refractivity contribution < 1.29 is 19.1 Å². The minimum atomic E-state index is -0.305. The van der Waals surface area contributed by atoms with Crippen LogP contribution in [-0.4, -0.2) is 29.8 Å². The number of imide groups is 1. The number of rotatable bonds is 6. The molecule has 1 saturated heterocycles. The molecule has 0 unspecified atom stereocenters. The van der Waals surface area contributed by atoms with Crippen molar-refractivity contribution in [3.05, 3.63) is 62.1 Å². The van der Waals surface area contributed by atoms with Crippen molar-refractivity contribution in [2.24, 2.45) is 0 Å². The van der Waals surface area contributed by atoms with Crippen LogP contribution >= 0.6 is 34.4 Å². The Labute approximate surface area is 181 Å². The number of benzene rings is 2. The molecule has 7 heteroatoms. The quantitative estimate of drug-likeness (QED) is 0.328. The van der Waals surface area contributed by atoms with Crippen molar-refractivity contribution in [2.45, 2.75) is 6.54 Å². The van der Waals surface area contributed by atoms with Gasteiger partial charge in [0.05, 0.1) is 18.6 Å². The Kier molecular flexibility index (Phi) is 6.65. The lowest BCUT2D eigenvalue weighted by Crippen LogP contribution is -2.27. The minimum Gasteiger partial charge on any atom is -0.493 e. The van der Waals surface area contributed by atoms with Crippen LogP contribution in [0.5, 0.6) is 11.5 Å². The van der Waals surface area contributed by atoms with E-state index in [9.17, 15) is 9.59 Å². The fraction of sp³-hybridized carbons (Fsp3) is 0.143. The van der Waals surface area contributed by atoms with Gasteiger partial charge in [-0.1, -0.05) is 24.1 Å². The Bertz CT molecular complexity index is 979. The van der Waals surface area contributed by atoms with Crippen molar-refractivity contribution in [1.82, 2.24) is 4.90 Å². The van der Waals surface area contributed by atoms with Crippen molar-refractivity contribution in [3.8, 4) is 23.8 Å². The molecule has 0 radical (unpaired) electrons. The van der Waals surface area contributed by atoms with Gasteiger partial charge < -0.3 is 9.47 Å². The second-order valence-electron chi connectivity index (χ2n) is 5.80. The van der Waals surface area contributed by atoms with E-state index in [1.807, 2.05) is 24.3 Å². The largest absolute Gasteiger partial charge is 0.493 e. The van der Waals surface area contributed by atoms with Gasteiger partial charge in [-0.2, -0.15) is 0 Å². The summed E-state index contributed by atoms with van der Waals surface area (Å²) in [6, 6.07) is 12.9. The normalized spacial score (nSPS) is 15.0. The van der Waals surface area contributed by atoms with Gasteiger partial charge in [0, 0.05) is 3.57 Å². The zero-order valence-corrected chi connectivity index (χ0v) is 18.0. The summed E-state index contributed by atoms with van der Waals surface area (Å²) in [7, 11) is 1.52. The molecule has 2 aromatic carbocycles. The van der Waals surface area contributed by atoms with E-state index in [4.69, 9.17) is 15.9 Å². The van der Waals surface area contributed by atoms with Crippen molar-refractivity contribution in [2.75, 3.05) is 13.7 Å². The van der Waals surface area contributed by atoms with Crippen LogP contribution in [0.15, 0.2) is 47.4 Å². The first-order valence-corrected chi connectivity index (χ1v) is 10.2. The van der Waals surface area contributed by atoms with E-state index in [-0.39, 0.29) is 24.3 Å². The van der Waals surface area contributed by atoms with Crippen LogP contribution in [0.3, 0.4) is 0 Å². The fourth-order valence-electron chi connectivity index (χ4n) is 2.57. The predicted octanol–water partition coefficient (Wildman–Crippen LogP) is 4.55. The molecule has 5 nitrogen and oxygen atoms in total. The van der Waals surface area contributed by atoms with Gasteiger partial charge in [-0.25, -0.2) is 0 Å². The molecule has 0 spiro atoms. The number of methoxy groups -OCH3 is 1. The number of carbonyl (C=O) groups is 2. The lowest BCUT2D eigenvalue weighted by atomic mass is 10.1. The van der Waals surface area contributed by atoms with Crippen LogP contribution in [0.25, 0.3) is 6.08 Å². The Balaban J connectivity index is 1.79. The average molecular weight is 505 g/mol. The first-order chi connectivity index (χ1) is 13.5. The number of halogens is 1. The van der Waals surface area contributed by atoms with Gasteiger partial charge in [0.25, 0.3) is 11.1 Å². The van der Waals surface area contributed by atoms with Crippen LogP contribution in [-0.2, 0) is 11.3 Å². The highest BCUT2D eigenvalue weighted by atomic mass is 127. The number of hydrogen-bond acceptors (Lipinski definition) is 5. The number of terminal acetylenes is 1. The third kappa shape index (κ3) is 4.69. The maximum absolute atomic E-state index is 12.7. The number of nitrogens with zero attached hydrogens (tertiary/aromatic N) is 1. The molecule has 1 fully saturated rings. The summed E-state index contributed by atoms with van der Waals surface area (Å²) in [5.41, 5.74) is 1.63. The molecule has 1 heterocycles. The van der Waals surface area contributed by atoms with Gasteiger partial charge >= 0.3 is 0 Å². The number of hydrogen-bond donors (Lipinski definition) is 0. The van der Waals surface area contributed by atoms with E-state index in [0.29, 0.717) is 16.4 Å². The second-order valence-corrected chi connectivity index (χ2v) is 8.04. The second kappa shape index (κ2) is 9.17. The van der Waals surface area contributed by atoms with Gasteiger partial charge in [0.2, 0.25) is 0 Å². The molecule has 1 aliphatic rings. The van der Waals surface area contributed by atoms with Crippen LogP contribution in [0.4, 0.5) is 4.79 Å². The summed E-state index contributed by atoms with van der Waals surface area (Å²) < 4.78 is 11.8. The Morgan fingerprint density at radius 3 is 2.61 bits per heavy atom. The Hall–Kier alpha value is -2.44. The van der Waals surface area contributed by atoms with Crippen LogP contribution in [0.2, 0.25) is 0 Å². The van der Waals surface area contributed by atoms with E-state index in [1.54, 1.807) is 24.3 Å². The Morgan fingerprint density at radius 1 is 1.18 bits per heavy atom. The topological polar surface area (TPSA) is 55.8 Å². The summed E-state index contributed by atoms with van der Waals surface area (Å²) in [5.74, 6) is 3.11. The van der Waals surface area contributed by atoms with Crippen LogP contribution < -0.4 is 9.47 Å². The highest BCUT2D eigenvalue weighted by Gasteiger charge is 2.35. The molecule has 0 aliphatic carbocycles. The smallest absolute Gasteiger partial charge is 0.293 e. The van der Waals surface area contributed by atoms with Gasteiger partial charge in [-0.15, -0.1) is 6.42 Å². The Morgan fingerprint density at radius 2 is 1.93 bits per heavy atom. The van der Waals surface area contributed by atoms with Crippen molar-refractivity contribution in [1.29, 1.82) is 0 Å². The summed E-state index contributed by atoms with van der Waals surface area (Å²) in [6.45, 7) is 0.383. The number of thioether (sulfide) groups is 1. The van der Waals surface area contributed by atoms with E-state index in [1.165, 1.54) is 12.0 Å². The fourth-order valence-corrected chi connectivity index (χ4v) is 3.77. The molecule has 2 aromatic rings. The summed E-state index contributed by atoms with van der Waals surface area (Å²) in [5, 5.41) is -0.282. The maximum atomic E-state index is 12.7. The maximum Gasteiger partial charge on any atom is 0.293 e. The molecule has 0 N–H and O–H groups in total. The molecular weight excluding hydrogens is 489 g/mol. The van der Waals surface area contributed by atoms with Crippen LogP contribution in [0.1, 0.15) is 11.1 Å². The van der Waals surface area contributed by atoms with Gasteiger partial charge in [-0.05, 0) is 75.8 Å². The first kappa shape index (κ1) is 20.3. The minimum absolute atomic E-state index is 0.132. The lowest BCUT2D eigenvalue weighted by Gasteiger charge is -2.12. The first-order valence-electron chi connectivity index (χ1n) is 8.26. The number of carbonyl (C=O) groups excluding carboxylic acids is 2. The third-order valence-corrected chi connectivity index (χ3v) is 5.55. The molecule has 0 aromatic heterocycles. The van der Waals surface area contributed by atoms with Gasteiger partial charge in [0.15, 0.2) is 11.5 Å². The third-order valence-electron chi connectivity index (χ3n) is 3.92. The average Bonchev–Trinajstić information content (AvgIpc) is 2.95. The summed E-state index contributed by atoms with van der Waals surface area (Å²) in [4.78, 5) is 26.6. The molecule has 0 atom stereocenters. The van der Waals surface area contributed by atoms with E-state index >= 15 is 0 Å². The highest BCUT2D eigenvalue weighted by molar-refractivity contribution is 14.1. The monoisotopic (exact) mass is 505 g/mol. The van der Waals surface area contributed by atoms with Gasteiger partial charge in [-0.3, -0.25) is 14.5 Å². The molecule has 1 aliphatic heterocycles. The standard InChI is InChI=1S/C21H16INO4S/c1-3-10-27-17-9-6-15(11-18(17)26-2)12-19-20(24)23(21(25)28-19)13-14-4-7-16(22)8-5-14/h1,4-9,11-12H,10,13H2,2H3/b19-12-. The van der Waals surface area contributed by atoms with E-state index < -0.39 is 0 Å². The number of ether oxygens (including phenoxy) is 2. The summed E-state index contributed by atoms with van der Waals surface area (Å²) in [6.07, 6.45) is 6.88. The molecule has 0 bridgehead atoms. The molecule has 2 amide bonds. The molecular formula is C21H16INO4S. The molecule has 0 saturated carbocycles. The number of amides is 2. The van der Waals surface area contributed by atoms with Crippen LogP contribution in [0, 0.1) is 15.9 Å². The molecule has 142 valence electrons.